The van der Waals surface area contributed by atoms with Crippen LogP contribution in [0.2, 0.25) is 0 Å². The third-order valence-corrected chi connectivity index (χ3v) is 3.74. The van der Waals surface area contributed by atoms with E-state index in [1.54, 1.807) is 12.1 Å². The van der Waals surface area contributed by atoms with E-state index < -0.39 is 0 Å². The molecule has 0 aliphatic heterocycles. The van der Waals surface area contributed by atoms with Gasteiger partial charge in [-0.1, -0.05) is 25.1 Å². The van der Waals surface area contributed by atoms with Crippen molar-refractivity contribution in [3.63, 3.8) is 0 Å². The van der Waals surface area contributed by atoms with Gasteiger partial charge in [-0.15, -0.1) is 0 Å². The van der Waals surface area contributed by atoms with E-state index in [-0.39, 0.29) is 5.75 Å². The van der Waals surface area contributed by atoms with Crippen molar-refractivity contribution in [1.29, 1.82) is 0 Å². The predicted molar refractivity (Wildman–Crippen MR) is 80.1 cm³/mol. The first kappa shape index (κ1) is 11.3. The second-order valence-corrected chi connectivity index (χ2v) is 4.92. The lowest BCUT2D eigenvalue weighted by Crippen LogP contribution is -1.88. The zero-order valence-electron chi connectivity index (χ0n) is 11.1. The third kappa shape index (κ3) is 1.43. The molecule has 3 heteroatoms. The molecule has 0 bridgehead atoms. The zero-order chi connectivity index (χ0) is 13.7. The summed E-state index contributed by atoms with van der Waals surface area (Å²) in [5.74, 6) is 0.208. The third-order valence-electron chi connectivity index (χ3n) is 3.74. The molecule has 20 heavy (non-hydrogen) atoms. The van der Waals surface area contributed by atoms with Gasteiger partial charge < -0.3 is 9.52 Å². The number of para-hydroxylation sites is 1. The molecule has 0 aliphatic carbocycles. The molecule has 2 aromatic carbocycles. The summed E-state index contributed by atoms with van der Waals surface area (Å²) in [6.45, 7) is 2.12. The van der Waals surface area contributed by atoms with E-state index in [2.05, 4.69) is 13.0 Å². The number of fused-ring (bicyclic) bond motifs is 4. The van der Waals surface area contributed by atoms with Crippen LogP contribution < -0.4 is 0 Å². The maximum absolute atomic E-state index is 9.59. The standard InChI is InChI=1S/C17H13NO2/c1-2-11-12-5-3-4-6-14(12)18-16-13-8-7-10(19)9-15(13)20-17(11)16/h3-9,19H,2H2,1H3. The molecule has 0 atom stereocenters. The molecule has 0 aliphatic rings. The molecule has 0 radical (unpaired) electrons. The number of phenols is 1. The second-order valence-electron chi connectivity index (χ2n) is 4.92. The summed E-state index contributed by atoms with van der Waals surface area (Å²) in [5, 5.41) is 11.7. The van der Waals surface area contributed by atoms with Crippen molar-refractivity contribution in [3.05, 3.63) is 48.0 Å². The van der Waals surface area contributed by atoms with E-state index in [1.807, 2.05) is 24.3 Å². The number of aromatic nitrogens is 1. The maximum atomic E-state index is 9.59. The highest BCUT2D eigenvalue weighted by Crippen LogP contribution is 2.34. The lowest BCUT2D eigenvalue weighted by Gasteiger charge is -2.04. The van der Waals surface area contributed by atoms with Gasteiger partial charge in [0.05, 0.1) is 5.52 Å². The lowest BCUT2D eigenvalue weighted by molar-refractivity contribution is 0.475. The summed E-state index contributed by atoms with van der Waals surface area (Å²) in [6, 6.07) is 13.3. The van der Waals surface area contributed by atoms with Gasteiger partial charge in [-0.25, -0.2) is 4.98 Å². The molecular formula is C17H13NO2. The maximum Gasteiger partial charge on any atom is 0.157 e. The van der Waals surface area contributed by atoms with Gasteiger partial charge in [0.15, 0.2) is 5.58 Å². The fraction of sp³-hybridized carbons (Fsp3) is 0.118. The summed E-state index contributed by atoms with van der Waals surface area (Å²) >= 11 is 0. The molecule has 0 fully saturated rings. The number of aromatic hydroxyl groups is 1. The molecule has 0 spiro atoms. The smallest absolute Gasteiger partial charge is 0.157 e. The Kier molecular flexibility index (Phi) is 2.24. The average molecular weight is 263 g/mol. The van der Waals surface area contributed by atoms with Crippen molar-refractivity contribution < 1.29 is 9.52 Å². The zero-order valence-corrected chi connectivity index (χ0v) is 11.1. The van der Waals surface area contributed by atoms with Gasteiger partial charge in [0, 0.05) is 22.4 Å². The summed E-state index contributed by atoms with van der Waals surface area (Å²) in [7, 11) is 0. The molecule has 2 heterocycles. The van der Waals surface area contributed by atoms with Crippen molar-refractivity contribution in [2.75, 3.05) is 0 Å². The minimum Gasteiger partial charge on any atom is -0.508 e. The minimum absolute atomic E-state index is 0.208. The van der Waals surface area contributed by atoms with Crippen LogP contribution in [0.3, 0.4) is 0 Å². The quantitative estimate of drug-likeness (QED) is 0.553. The van der Waals surface area contributed by atoms with Gasteiger partial charge in [0.1, 0.15) is 16.8 Å². The Bertz CT molecular complexity index is 953. The Morgan fingerprint density at radius 1 is 1.10 bits per heavy atom. The summed E-state index contributed by atoms with van der Waals surface area (Å²) in [6.07, 6.45) is 0.880. The van der Waals surface area contributed by atoms with Gasteiger partial charge in [-0.3, -0.25) is 0 Å². The first-order chi connectivity index (χ1) is 9.78. The fourth-order valence-corrected chi connectivity index (χ4v) is 2.81. The number of hydrogen-bond acceptors (Lipinski definition) is 3. The highest BCUT2D eigenvalue weighted by Gasteiger charge is 2.15. The van der Waals surface area contributed by atoms with Crippen molar-refractivity contribution in [2.24, 2.45) is 0 Å². The van der Waals surface area contributed by atoms with Gasteiger partial charge >= 0.3 is 0 Å². The number of hydrogen-bond donors (Lipinski definition) is 1. The SMILES string of the molecule is CCc1c2ccccc2nc2c1oc1cc(O)ccc12. The molecular weight excluding hydrogens is 250 g/mol. The fourth-order valence-electron chi connectivity index (χ4n) is 2.81. The van der Waals surface area contributed by atoms with E-state index in [1.165, 1.54) is 5.56 Å². The van der Waals surface area contributed by atoms with Crippen LogP contribution in [0.4, 0.5) is 0 Å². The Balaban J connectivity index is 2.27. The Morgan fingerprint density at radius 2 is 1.95 bits per heavy atom. The van der Waals surface area contributed by atoms with E-state index in [0.717, 1.165) is 33.8 Å². The van der Waals surface area contributed by atoms with Crippen LogP contribution in [0.25, 0.3) is 33.0 Å². The van der Waals surface area contributed by atoms with E-state index in [4.69, 9.17) is 9.40 Å². The predicted octanol–water partition coefficient (Wildman–Crippen LogP) is 4.40. The van der Waals surface area contributed by atoms with Gasteiger partial charge in [0.25, 0.3) is 0 Å². The molecule has 2 aromatic heterocycles. The van der Waals surface area contributed by atoms with Crippen LogP contribution in [0.15, 0.2) is 46.9 Å². The number of nitrogens with zero attached hydrogens (tertiary/aromatic N) is 1. The van der Waals surface area contributed by atoms with Crippen LogP contribution in [-0.2, 0) is 6.42 Å². The summed E-state index contributed by atoms with van der Waals surface area (Å²) < 4.78 is 5.94. The first-order valence-electron chi connectivity index (χ1n) is 6.71. The molecule has 0 saturated carbocycles. The van der Waals surface area contributed by atoms with Gasteiger partial charge in [-0.2, -0.15) is 0 Å². The van der Waals surface area contributed by atoms with Crippen molar-refractivity contribution >= 4 is 33.0 Å². The molecule has 4 aromatic rings. The lowest BCUT2D eigenvalue weighted by atomic mass is 10.0. The van der Waals surface area contributed by atoms with E-state index in [9.17, 15) is 5.11 Å². The number of furan rings is 1. The summed E-state index contributed by atoms with van der Waals surface area (Å²) in [4.78, 5) is 4.73. The van der Waals surface area contributed by atoms with Crippen molar-refractivity contribution in [1.82, 2.24) is 4.98 Å². The van der Waals surface area contributed by atoms with Crippen LogP contribution in [-0.4, -0.2) is 10.1 Å². The number of pyridine rings is 1. The number of rotatable bonds is 1. The van der Waals surface area contributed by atoms with Crippen LogP contribution in [0.1, 0.15) is 12.5 Å². The van der Waals surface area contributed by atoms with Gasteiger partial charge in [0.2, 0.25) is 0 Å². The average Bonchev–Trinajstić information content (AvgIpc) is 2.81. The van der Waals surface area contributed by atoms with Gasteiger partial charge in [-0.05, 0) is 24.6 Å². The second kappa shape index (κ2) is 3.97. The number of benzene rings is 2. The normalized spacial score (nSPS) is 11.7. The molecule has 1 N–H and O–H groups in total. The molecule has 0 amide bonds. The largest absolute Gasteiger partial charge is 0.508 e. The Hall–Kier alpha value is -2.55. The van der Waals surface area contributed by atoms with Crippen molar-refractivity contribution in [2.45, 2.75) is 13.3 Å². The first-order valence-corrected chi connectivity index (χ1v) is 6.71. The molecule has 3 nitrogen and oxygen atoms in total. The van der Waals surface area contributed by atoms with Crippen LogP contribution in [0.5, 0.6) is 5.75 Å². The van der Waals surface area contributed by atoms with E-state index in [0.29, 0.717) is 5.58 Å². The number of aryl methyl sites for hydroxylation is 1. The van der Waals surface area contributed by atoms with Crippen LogP contribution in [0, 0.1) is 0 Å². The molecule has 0 saturated heterocycles. The minimum atomic E-state index is 0.208. The van der Waals surface area contributed by atoms with E-state index >= 15 is 0 Å². The van der Waals surface area contributed by atoms with Crippen LogP contribution >= 0.6 is 0 Å². The summed E-state index contributed by atoms with van der Waals surface area (Å²) in [5.41, 5.74) is 4.52. The highest BCUT2D eigenvalue weighted by atomic mass is 16.3. The molecule has 0 unspecified atom stereocenters. The molecule has 98 valence electrons. The molecule has 4 rings (SSSR count). The number of phenolic OH excluding ortho intramolecular Hbond substituents is 1. The Morgan fingerprint density at radius 3 is 2.80 bits per heavy atom. The highest BCUT2D eigenvalue weighted by molar-refractivity contribution is 6.08. The monoisotopic (exact) mass is 263 g/mol. The Labute approximate surface area is 115 Å². The van der Waals surface area contributed by atoms with Crippen molar-refractivity contribution in [3.8, 4) is 5.75 Å². The topological polar surface area (TPSA) is 46.3 Å².